The van der Waals surface area contributed by atoms with E-state index in [2.05, 4.69) is 11.9 Å². The zero-order valence-electron chi connectivity index (χ0n) is 11.7. The molecule has 0 spiro atoms. The van der Waals surface area contributed by atoms with Gasteiger partial charge in [-0.3, -0.25) is 0 Å². The van der Waals surface area contributed by atoms with E-state index in [1.54, 1.807) is 17.4 Å². The van der Waals surface area contributed by atoms with Crippen molar-refractivity contribution >= 4 is 10.2 Å². The van der Waals surface area contributed by atoms with Crippen LogP contribution in [-0.4, -0.2) is 56.3 Å². The first-order valence-electron chi connectivity index (χ1n) is 7.09. The Labute approximate surface area is 116 Å². The fourth-order valence-corrected chi connectivity index (χ4v) is 3.80. The molecule has 110 valence electrons. The molecule has 0 amide bonds. The number of piperidine rings is 1. The van der Waals surface area contributed by atoms with Crippen LogP contribution in [0.25, 0.3) is 0 Å². The first kappa shape index (κ1) is 15.0. The molecule has 1 aliphatic heterocycles. The first-order chi connectivity index (χ1) is 9.04. The van der Waals surface area contributed by atoms with Gasteiger partial charge in [-0.05, 0) is 38.1 Å². The summed E-state index contributed by atoms with van der Waals surface area (Å²) in [6.07, 6.45) is 6.14. The maximum Gasteiger partial charge on any atom is 0.282 e. The van der Waals surface area contributed by atoms with E-state index in [1.165, 1.54) is 17.1 Å². The largest absolute Gasteiger partial charge is 0.314 e. The lowest BCUT2D eigenvalue weighted by Gasteiger charge is -2.33. The van der Waals surface area contributed by atoms with Gasteiger partial charge in [-0.15, -0.1) is 6.58 Å². The Balaban J connectivity index is 1.79. The van der Waals surface area contributed by atoms with Gasteiger partial charge in [0, 0.05) is 32.7 Å². The highest BCUT2D eigenvalue weighted by Crippen LogP contribution is 2.23. The first-order valence-corrected chi connectivity index (χ1v) is 8.49. The molecule has 1 N–H and O–H groups in total. The Morgan fingerprint density at radius 3 is 2.47 bits per heavy atom. The molecule has 0 aromatic rings. The van der Waals surface area contributed by atoms with Crippen molar-refractivity contribution in [1.82, 2.24) is 13.9 Å². The number of hydrogen-bond donors (Lipinski definition) is 1. The van der Waals surface area contributed by atoms with Crippen LogP contribution in [0.5, 0.6) is 0 Å². The smallest absolute Gasteiger partial charge is 0.282 e. The number of nitrogens with one attached hydrogen (secondary N) is 1. The Morgan fingerprint density at radius 2 is 1.95 bits per heavy atom. The normalized spacial score (nSPS) is 22.8. The Kier molecular flexibility index (Phi) is 5.00. The van der Waals surface area contributed by atoms with Crippen LogP contribution in [0.3, 0.4) is 0 Å². The highest BCUT2D eigenvalue weighted by molar-refractivity contribution is 7.86. The second kappa shape index (κ2) is 6.35. The van der Waals surface area contributed by atoms with Gasteiger partial charge < -0.3 is 5.32 Å². The third kappa shape index (κ3) is 4.02. The molecule has 0 aromatic carbocycles. The highest BCUT2D eigenvalue weighted by atomic mass is 32.2. The molecule has 0 radical (unpaired) electrons. The summed E-state index contributed by atoms with van der Waals surface area (Å²) in [6.45, 7) is 6.27. The molecule has 2 fully saturated rings. The molecular formula is C13H25N3O2S. The molecule has 0 unspecified atom stereocenters. The van der Waals surface area contributed by atoms with Crippen molar-refractivity contribution < 1.29 is 8.42 Å². The van der Waals surface area contributed by atoms with E-state index in [4.69, 9.17) is 0 Å². The summed E-state index contributed by atoms with van der Waals surface area (Å²) >= 11 is 0. The average molecular weight is 287 g/mol. The fraction of sp³-hybridized carbons (Fsp3) is 0.846. The maximum atomic E-state index is 12.2. The maximum absolute atomic E-state index is 12.2. The summed E-state index contributed by atoms with van der Waals surface area (Å²) < 4.78 is 27.5. The van der Waals surface area contributed by atoms with Gasteiger partial charge in [0.05, 0.1) is 0 Å². The van der Waals surface area contributed by atoms with E-state index < -0.39 is 10.2 Å². The van der Waals surface area contributed by atoms with Crippen molar-refractivity contribution in [3.63, 3.8) is 0 Å². The monoisotopic (exact) mass is 287 g/mol. The molecule has 19 heavy (non-hydrogen) atoms. The molecule has 2 aliphatic rings. The van der Waals surface area contributed by atoms with Crippen LogP contribution in [0.4, 0.5) is 0 Å². The lowest BCUT2D eigenvalue weighted by atomic mass is 9.98. The zero-order valence-corrected chi connectivity index (χ0v) is 12.5. The van der Waals surface area contributed by atoms with E-state index in [9.17, 15) is 8.42 Å². The predicted octanol–water partition coefficient (Wildman–Crippen LogP) is 0.813. The summed E-state index contributed by atoms with van der Waals surface area (Å²) in [6, 6.07) is 0.737. The number of hydrogen-bond acceptors (Lipinski definition) is 3. The summed E-state index contributed by atoms with van der Waals surface area (Å²) in [4.78, 5) is 0. The minimum atomic E-state index is -3.29. The van der Waals surface area contributed by atoms with Gasteiger partial charge in [-0.1, -0.05) is 6.08 Å². The lowest BCUT2D eigenvalue weighted by Crippen LogP contribution is -2.46. The van der Waals surface area contributed by atoms with Gasteiger partial charge in [0.15, 0.2) is 0 Å². The molecule has 5 nitrogen and oxygen atoms in total. The van der Waals surface area contributed by atoms with Crippen molar-refractivity contribution in [2.45, 2.75) is 31.7 Å². The van der Waals surface area contributed by atoms with Crippen LogP contribution >= 0.6 is 0 Å². The van der Waals surface area contributed by atoms with Crippen molar-refractivity contribution in [1.29, 1.82) is 0 Å². The Bertz CT molecular complexity index is 398. The van der Waals surface area contributed by atoms with Gasteiger partial charge in [0.2, 0.25) is 0 Å². The van der Waals surface area contributed by atoms with Crippen LogP contribution in [-0.2, 0) is 10.2 Å². The second-order valence-corrected chi connectivity index (χ2v) is 7.64. The van der Waals surface area contributed by atoms with Crippen molar-refractivity contribution in [2.24, 2.45) is 5.92 Å². The topological polar surface area (TPSA) is 52.7 Å². The van der Waals surface area contributed by atoms with Gasteiger partial charge in [-0.25, -0.2) is 0 Å². The van der Waals surface area contributed by atoms with Crippen LogP contribution in [0.1, 0.15) is 25.7 Å². The van der Waals surface area contributed by atoms with Gasteiger partial charge in [0.25, 0.3) is 10.2 Å². The molecule has 1 aliphatic carbocycles. The third-order valence-electron chi connectivity index (χ3n) is 3.95. The number of rotatable bonds is 7. The number of nitrogens with zero attached hydrogens (tertiary/aromatic N) is 2. The average Bonchev–Trinajstić information content (AvgIpc) is 3.21. The van der Waals surface area contributed by atoms with Gasteiger partial charge >= 0.3 is 0 Å². The van der Waals surface area contributed by atoms with Crippen molar-refractivity contribution in [3.05, 3.63) is 12.7 Å². The van der Waals surface area contributed by atoms with E-state index in [0.29, 0.717) is 25.6 Å². The zero-order chi connectivity index (χ0) is 13.9. The minimum absolute atomic E-state index is 0.367. The summed E-state index contributed by atoms with van der Waals surface area (Å²) in [7, 11) is -1.68. The van der Waals surface area contributed by atoms with Gasteiger partial charge in [-0.2, -0.15) is 17.0 Å². The van der Waals surface area contributed by atoms with Crippen LogP contribution in [0.15, 0.2) is 12.7 Å². The third-order valence-corrected chi connectivity index (χ3v) is 5.91. The van der Waals surface area contributed by atoms with Crippen molar-refractivity contribution in [2.75, 3.05) is 33.2 Å². The Hall–Kier alpha value is -0.430. The van der Waals surface area contributed by atoms with Crippen molar-refractivity contribution in [3.8, 4) is 0 Å². The molecule has 0 bridgehead atoms. The van der Waals surface area contributed by atoms with E-state index in [1.807, 2.05) is 0 Å². The minimum Gasteiger partial charge on any atom is -0.314 e. The Morgan fingerprint density at radius 1 is 1.32 bits per heavy atom. The molecule has 2 rings (SSSR count). The fourth-order valence-electron chi connectivity index (χ4n) is 2.44. The van der Waals surface area contributed by atoms with Gasteiger partial charge in [0.1, 0.15) is 0 Å². The molecule has 1 saturated carbocycles. The number of likely N-dealkylation sites (N-methyl/N-ethyl adjacent to an activating group) is 1. The lowest BCUT2D eigenvalue weighted by molar-refractivity contribution is 0.255. The predicted molar refractivity (Wildman–Crippen MR) is 77.1 cm³/mol. The van der Waals surface area contributed by atoms with E-state index >= 15 is 0 Å². The molecule has 1 heterocycles. The SMILES string of the molecule is C=CCN(C)S(=O)(=O)N1CCC(CNC2CC2)CC1. The molecule has 1 saturated heterocycles. The molecular weight excluding hydrogens is 262 g/mol. The summed E-state index contributed by atoms with van der Waals surface area (Å²) in [5.41, 5.74) is 0. The molecule has 0 aromatic heterocycles. The quantitative estimate of drug-likeness (QED) is 0.705. The molecule has 6 heteroatoms. The summed E-state index contributed by atoms with van der Waals surface area (Å²) in [5.74, 6) is 0.622. The van der Waals surface area contributed by atoms with E-state index in [0.717, 1.165) is 25.4 Å². The van der Waals surface area contributed by atoms with E-state index in [-0.39, 0.29) is 0 Å². The molecule has 0 atom stereocenters. The highest BCUT2D eigenvalue weighted by Gasteiger charge is 2.31. The van der Waals surface area contributed by atoms with Crippen LogP contribution in [0.2, 0.25) is 0 Å². The standard InChI is InChI=1S/C13H25N3O2S/c1-3-8-15(2)19(17,18)16-9-6-12(7-10-16)11-14-13-4-5-13/h3,12-14H,1,4-11H2,2H3. The second-order valence-electron chi connectivity index (χ2n) is 5.60. The van der Waals surface area contributed by atoms with Crippen LogP contribution in [0, 0.1) is 5.92 Å². The van der Waals surface area contributed by atoms with Crippen LogP contribution < -0.4 is 5.32 Å². The summed E-state index contributed by atoms with van der Waals surface area (Å²) in [5, 5.41) is 3.53.